The van der Waals surface area contributed by atoms with Crippen molar-refractivity contribution in [2.45, 2.75) is 19.1 Å². The number of pyridine rings is 1. The van der Waals surface area contributed by atoms with Crippen LogP contribution in [0, 0.1) is 6.92 Å². The van der Waals surface area contributed by atoms with Gasteiger partial charge in [0, 0.05) is 17.8 Å². The van der Waals surface area contributed by atoms with Crippen molar-refractivity contribution in [3.63, 3.8) is 0 Å². The van der Waals surface area contributed by atoms with E-state index in [9.17, 15) is 22.8 Å². The van der Waals surface area contributed by atoms with Crippen LogP contribution in [0.3, 0.4) is 0 Å². The Labute approximate surface area is 173 Å². The zero-order chi connectivity index (χ0) is 21.5. The molecule has 1 aliphatic rings. The van der Waals surface area contributed by atoms with E-state index in [4.69, 9.17) is 27.9 Å². The molecule has 0 radical (unpaired) electrons. The van der Waals surface area contributed by atoms with Gasteiger partial charge in [-0.05, 0) is 37.3 Å². The summed E-state index contributed by atoms with van der Waals surface area (Å²) in [6.07, 6.45) is -5.61. The summed E-state index contributed by atoms with van der Waals surface area (Å²) < 4.78 is 44.4. The highest BCUT2D eigenvalue weighted by molar-refractivity contribution is 6.36. The maximum atomic E-state index is 13.2. The number of carbonyl (C=O) groups is 2. The predicted octanol–water partition coefficient (Wildman–Crippen LogP) is 4.70. The van der Waals surface area contributed by atoms with E-state index < -0.39 is 29.8 Å². The van der Waals surface area contributed by atoms with Crippen molar-refractivity contribution in [3.05, 3.63) is 51.6 Å². The normalized spacial score (nSPS) is 16.7. The molecule has 1 aromatic heterocycles. The van der Waals surface area contributed by atoms with E-state index in [1.165, 1.54) is 37.1 Å². The fourth-order valence-corrected chi connectivity index (χ4v) is 3.43. The van der Waals surface area contributed by atoms with Gasteiger partial charge in [-0.2, -0.15) is 13.2 Å². The lowest BCUT2D eigenvalue weighted by Gasteiger charge is -2.26. The van der Waals surface area contributed by atoms with Gasteiger partial charge >= 0.3 is 12.3 Å². The largest absolute Gasteiger partial charge is 0.446 e. The van der Waals surface area contributed by atoms with Crippen molar-refractivity contribution in [2.24, 2.45) is 0 Å². The zero-order valence-electron chi connectivity index (χ0n) is 15.1. The van der Waals surface area contributed by atoms with E-state index in [1.807, 2.05) is 0 Å². The Balaban J connectivity index is 1.97. The van der Waals surface area contributed by atoms with E-state index >= 15 is 0 Å². The Morgan fingerprint density at radius 1 is 1.28 bits per heavy atom. The third-order valence-corrected chi connectivity index (χ3v) is 4.81. The molecule has 11 heteroatoms. The molecular formula is C18H14Cl2F3N3O3. The van der Waals surface area contributed by atoms with Crippen LogP contribution in [-0.4, -0.2) is 36.7 Å². The molecule has 1 fully saturated rings. The van der Waals surface area contributed by atoms with E-state index in [1.54, 1.807) is 0 Å². The zero-order valence-corrected chi connectivity index (χ0v) is 16.6. The number of ether oxygens (including phenoxy) is 1. The van der Waals surface area contributed by atoms with Gasteiger partial charge in [0.25, 0.3) is 5.91 Å². The minimum Gasteiger partial charge on any atom is -0.446 e. The van der Waals surface area contributed by atoms with E-state index in [0.29, 0.717) is 16.8 Å². The molecule has 1 aromatic carbocycles. The van der Waals surface area contributed by atoms with Crippen LogP contribution in [0.4, 0.5) is 29.5 Å². The number of anilines is 2. The Morgan fingerprint density at radius 2 is 1.97 bits per heavy atom. The number of aryl methyl sites for hydroxylation is 1. The fourth-order valence-electron chi connectivity index (χ4n) is 2.89. The molecule has 0 N–H and O–H groups in total. The molecule has 0 bridgehead atoms. The molecule has 0 unspecified atom stereocenters. The lowest BCUT2D eigenvalue weighted by molar-refractivity contribution is -0.137. The van der Waals surface area contributed by atoms with Crippen LogP contribution in [0.2, 0.25) is 10.0 Å². The topological polar surface area (TPSA) is 62.7 Å². The van der Waals surface area contributed by atoms with E-state index in [2.05, 4.69) is 4.98 Å². The number of likely N-dealkylation sites (N-methyl/N-ethyl adjacent to an activating group) is 1. The number of cyclic esters (lactones) is 1. The van der Waals surface area contributed by atoms with Gasteiger partial charge in [0.05, 0.1) is 16.3 Å². The van der Waals surface area contributed by atoms with Crippen LogP contribution >= 0.6 is 23.2 Å². The number of nitrogens with zero attached hydrogens (tertiary/aromatic N) is 3. The van der Waals surface area contributed by atoms with Crippen LogP contribution in [0.15, 0.2) is 30.3 Å². The first-order valence-corrected chi connectivity index (χ1v) is 8.99. The average molecular weight is 448 g/mol. The number of benzene rings is 1. The first kappa shape index (κ1) is 21.2. The molecule has 3 rings (SSSR count). The highest BCUT2D eigenvalue weighted by Crippen LogP contribution is 2.34. The van der Waals surface area contributed by atoms with Crippen LogP contribution in [0.1, 0.15) is 11.3 Å². The first-order valence-electron chi connectivity index (χ1n) is 8.23. The number of alkyl halides is 3. The summed E-state index contributed by atoms with van der Waals surface area (Å²) >= 11 is 12.0. The van der Waals surface area contributed by atoms with Gasteiger partial charge < -0.3 is 9.64 Å². The standard InChI is InChI=1S/C18H14Cl2F3N3O3/c1-9-5-10(18(21,22)23)6-15(24-9)26-14(8-29-17(26)28)16(27)25(2)13-4-3-11(19)7-12(13)20/h3-7,14H,8H2,1-2H3/t14-/m0/s1. The number of rotatable bonds is 3. The van der Waals surface area contributed by atoms with Gasteiger partial charge in [0.1, 0.15) is 12.4 Å². The highest BCUT2D eigenvalue weighted by Gasteiger charge is 2.43. The molecule has 29 heavy (non-hydrogen) atoms. The van der Waals surface area contributed by atoms with Crippen molar-refractivity contribution in [2.75, 3.05) is 23.5 Å². The van der Waals surface area contributed by atoms with Crippen LogP contribution < -0.4 is 9.80 Å². The minimum absolute atomic E-state index is 0.0369. The lowest BCUT2D eigenvalue weighted by atomic mass is 10.2. The molecule has 2 aromatic rings. The summed E-state index contributed by atoms with van der Waals surface area (Å²) in [5.41, 5.74) is -0.636. The molecule has 2 amide bonds. The number of aromatic nitrogens is 1. The van der Waals surface area contributed by atoms with Gasteiger partial charge in [-0.25, -0.2) is 14.7 Å². The summed E-state index contributed by atoms with van der Waals surface area (Å²) in [7, 11) is 1.42. The molecule has 6 nitrogen and oxygen atoms in total. The number of halogens is 5. The van der Waals surface area contributed by atoms with Crippen molar-refractivity contribution in [1.82, 2.24) is 4.98 Å². The quantitative estimate of drug-likeness (QED) is 0.683. The van der Waals surface area contributed by atoms with Gasteiger partial charge in [-0.3, -0.25) is 4.79 Å². The van der Waals surface area contributed by atoms with Crippen molar-refractivity contribution >= 4 is 46.7 Å². The van der Waals surface area contributed by atoms with Gasteiger partial charge in [0.15, 0.2) is 6.04 Å². The van der Waals surface area contributed by atoms with Crippen LogP contribution in [0.5, 0.6) is 0 Å². The maximum Gasteiger partial charge on any atom is 0.416 e. The molecule has 0 saturated carbocycles. The number of carbonyl (C=O) groups excluding carboxylic acids is 2. The molecule has 0 spiro atoms. The summed E-state index contributed by atoms with van der Waals surface area (Å²) in [6, 6.07) is 4.81. The Hall–Kier alpha value is -2.52. The van der Waals surface area contributed by atoms with Crippen molar-refractivity contribution in [1.29, 1.82) is 0 Å². The van der Waals surface area contributed by atoms with Gasteiger partial charge in [-0.15, -0.1) is 0 Å². The van der Waals surface area contributed by atoms with Crippen LogP contribution in [-0.2, 0) is 15.7 Å². The fraction of sp³-hybridized carbons (Fsp3) is 0.278. The third-order valence-electron chi connectivity index (χ3n) is 4.27. The molecule has 0 aliphatic carbocycles. The Kier molecular flexibility index (Phi) is 5.64. The minimum atomic E-state index is -4.64. The summed E-state index contributed by atoms with van der Waals surface area (Å²) in [5, 5.41) is 0.558. The van der Waals surface area contributed by atoms with Crippen LogP contribution in [0.25, 0.3) is 0 Å². The summed E-state index contributed by atoms with van der Waals surface area (Å²) in [6.45, 7) is 1.01. The maximum absolute atomic E-state index is 13.2. The highest BCUT2D eigenvalue weighted by atomic mass is 35.5. The molecular weight excluding hydrogens is 434 g/mol. The summed E-state index contributed by atoms with van der Waals surface area (Å²) in [5.74, 6) is -0.939. The first-order chi connectivity index (χ1) is 13.5. The second-order valence-corrected chi connectivity index (χ2v) is 7.15. The van der Waals surface area contributed by atoms with E-state index in [0.717, 1.165) is 11.0 Å². The predicted molar refractivity (Wildman–Crippen MR) is 101 cm³/mol. The monoisotopic (exact) mass is 447 g/mol. The second-order valence-electron chi connectivity index (χ2n) is 6.31. The summed E-state index contributed by atoms with van der Waals surface area (Å²) in [4.78, 5) is 31.2. The average Bonchev–Trinajstić information content (AvgIpc) is 3.01. The molecule has 154 valence electrons. The number of hydrogen-bond acceptors (Lipinski definition) is 4. The van der Waals surface area contributed by atoms with Gasteiger partial charge in [-0.1, -0.05) is 23.2 Å². The molecule has 1 aliphatic heterocycles. The third kappa shape index (κ3) is 4.25. The number of amides is 2. The molecule has 2 heterocycles. The molecule has 1 atom stereocenters. The SMILES string of the molecule is Cc1cc(C(F)(F)F)cc(N2C(=O)OC[C@H]2C(=O)N(C)c2ccc(Cl)cc2Cl)n1. The van der Waals surface area contributed by atoms with Crippen molar-refractivity contribution in [3.8, 4) is 0 Å². The second kappa shape index (κ2) is 7.72. The van der Waals surface area contributed by atoms with E-state index in [-0.39, 0.29) is 23.1 Å². The number of hydrogen-bond donors (Lipinski definition) is 0. The van der Waals surface area contributed by atoms with Gasteiger partial charge in [0.2, 0.25) is 0 Å². The smallest absolute Gasteiger partial charge is 0.416 e. The lowest BCUT2D eigenvalue weighted by Crippen LogP contribution is -2.47. The Bertz CT molecular complexity index is 985. The molecule has 1 saturated heterocycles. The van der Waals surface area contributed by atoms with Crippen molar-refractivity contribution < 1.29 is 27.5 Å². The Morgan fingerprint density at radius 3 is 2.59 bits per heavy atom.